The fraction of sp³-hybridized carbons (Fsp3) is 0.407. The van der Waals surface area contributed by atoms with Crippen LogP contribution in [0.25, 0.3) is 0 Å². The molecule has 0 atom stereocenters. The highest BCUT2D eigenvalue weighted by atomic mass is 35.5. The number of rotatable bonds is 11. The van der Waals surface area contributed by atoms with Gasteiger partial charge in [0.15, 0.2) is 16.7 Å². The highest BCUT2D eigenvalue weighted by molar-refractivity contribution is 7.98. The minimum absolute atomic E-state index is 0.397. The number of allylic oxidation sites excluding steroid dienone is 1. The van der Waals surface area contributed by atoms with Gasteiger partial charge in [0.1, 0.15) is 5.82 Å². The van der Waals surface area contributed by atoms with E-state index in [0.29, 0.717) is 19.1 Å². The van der Waals surface area contributed by atoms with Gasteiger partial charge in [0.2, 0.25) is 0 Å². The molecule has 0 aliphatic carbocycles. The number of piperidine rings is 1. The van der Waals surface area contributed by atoms with Crippen LogP contribution in [0.1, 0.15) is 42.6 Å². The average molecular weight is 513 g/mol. The molecule has 4 rings (SSSR count). The molecule has 8 heteroatoms. The third kappa shape index (κ3) is 6.60. The van der Waals surface area contributed by atoms with E-state index in [-0.39, 0.29) is 0 Å². The molecule has 1 saturated heterocycles. The standard InChI is InChI=1S/C27H33ClN4O2S/c1-4-13-32-26(29-30-27(32)35-19-21-7-6-8-23(28)16-21)22-11-14-31(15-12-22)18-20-9-10-24(33-3)25(17-20)34-5-2/h4,6-10,16-17,22H,1,5,11-15,18-19H2,2-3H3. The summed E-state index contributed by atoms with van der Waals surface area (Å²) in [6.45, 7) is 10.2. The number of likely N-dealkylation sites (tertiary alicyclic amines) is 1. The molecule has 3 aromatic rings. The summed E-state index contributed by atoms with van der Waals surface area (Å²) in [7, 11) is 1.68. The summed E-state index contributed by atoms with van der Waals surface area (Å²) in [4.78, 5) is 2.50. The molecule has 0 N–H and O–H groups in total. The summed E-state index contributed by atoms with van der Waals surface area (Å²) in [5.41, 5.74) is 2.42. The zero-order valence-electron chi connectivity index (χ0n) is 20.5. The van der Waals surface area contributed by atoms with E-state index < -0.39 is 0 Å². The van der Waals surface area contributed by atoms with Crippen molar-refractivity contribution in [2.24, 2.45) is 0 Å². The van der Waals surface area contributed by atoms with Gasteiger partial charge in [-0.2, -0.15) is 0 Å². The Morgan fingerprint density at radius 2 is 1.94 bits per heavy atom. The van der Waals surface area contributed by atoms with Crippen LogP contribution in [-0.2, 0) is 18.8 Å². The number of benzene rings is 2. The Labute approximate surface area is 217 Å². The first kappa shape index (κ1) is 25.6. The van der Waals surface area contributed by atoms with Gasteiger partial charge >= 0.3 is 0 Å². The molecule has 1 aliphatic heterocycles. The zero-order valence-corrected chi connectivity index (χ0v) is 22.0. The molecule has 0 radical (unpaired) electrons. The van der Waals surface area contributed by atoms with Crippen molar-refractivity contribution in [3.8, 4) is 11.5 Å². The van der Waals surface area contributed by atoms with Crippen molar-refractivity contribution in [3.63, 3.8) is 0 Å². The van der Waals surface area contributed by atoms with Gasteiger partial charge in [-0.15, -0.1) is 16.8 Å². The van der Waals surface area contributed by atoms with E-state index >= 15 is 0 Å². The Kier molecular flexibility index (Phi) is 9.12. The Bertz CT molecular complexity index is 1130. The van der Waals surface area contributed by atoms with Crippen molar-refractivity contribution >= 4 is 23.4 Å². The van der Waals surface area contributed by atoms with Crippen LogP contribution < -0.4 is 9.47 Å². The summed E-state index contributed by atoms with van der Waals surface area (Å²) >= 11 is 7.83. The number of aromatic nitrogens is 3. The van der Waals surface area contributed by atoms with Crippen LogP contribution in [0, 0.1) is 0 Å². The second kappa shape index (κ2) is 12.5. The maximum atomic E-state index is 6.14. The Hall–Kier alpha value is -2.48. The Morgan fingerprint density at radius 1 is 1.11 bits per heavy atom. The highest BCUT2D eigenvalue weighted by Gasteiger charge is 2.26. The summed E-state index contributed by atoms with van der Waals surface area (Å²) in [5, 5.41) is 10.8. The van der Waals surface area contributed by atoms with Crippen LogP contribution >= 0.6 is 23.4 Å². The zero-order chi connectivity index (χ0) is 24.6. The van der Waals surface area contributed by atoms with E-state index in [1.54, 1.807) is 18.9 Å². The van der Waals surface area contributed by atoms with Crippen molar-refractivity contribution in [1.29, 1.82) is 0 Å². The third-order valence-electron chi connectivity index (χ3n) is 6.20. The highest BCUT2D eigenvalue weighted by Crippen LogP contribution is 2.33. The van der Waals surface area contributed by atoms with Crippen molar-refractivity contribution in [1.82, 2.24) is 19.7 Å². The van der Waals surface area contributed by atoms with Crippen LogP contribution in [-0.4, -0.2) is 46.5 Å². The quantitative estimate of drug-likeness (QED) is 0.225. The molecular weight excluding hydrogens is 480 g/mol. The van der Waals surface area contributed by atoms with E-state index in [4.69, 9.17) is 21.1 Å². The number of hydrogen-bond acceptors (Lipinski definition) is 6. The number of hydrogen-bond donors (Lipinski definition) is 0. The molecule has 0 spiro atoms. The van der Waals surface area contributed by atoms with Crippen molar-refractivity contribution < 1.29 is 9.47 Å². The predicted octanol–water partition coefficient (Wildman–Crippen LogP) is 6.20. The van der Waals surface area contributed by atoms with E-state index in [1.807, 2.05) is 37.3 Å². The van der Waals surface area contributed by atoms with Crippen LogP contribution in [0.5, 0.6) is 11.5 Å². The molecule has 1 fully saturated rings. The van der Waals surface area contributed by atoms with Gasteiger partial charge < -0.3 is 14.0 Å². The topological polar surface area (TPSA) is 52.4 Å². The molecule has 1 aromatic heterocycles. The first-order valence-electron chi connectivity index (χ1n) is 12.0. The van der Waals surface area contributed by atoms with Crippen LogP contribution in [0.4, 0.5) is 0 Å². The number of nitrogens with zero attached hydrogens (tertiary/aromatic N) is 4. The van der Waals surface area contributed by atoms with E-state index in [9.17, 15) is 0 Å². The lowest BCUT2D eigenvalue weighted by molar-refractivity contribution is 0.199. The van der Waals surface area contributed by atoms with E-state index in [2.05, 4.69) is 44.4 Å². The molecule has 0 amide bonds. The third-order valence-corrected chi connectivity index (χ3v) is 7.47. The number of methoxy groups -OCH3 is 1. The van der Waals surface area contributed by atoms with Gasteiger partial charge in [-0.3, -0.25) is 4.90 Å². The molecule has 1 aliphatic rings. The van der Waals surface area contributed by atoms with E-state index in [0.717, 1.165) is 65.7 Å². The Morgan fingerprint density at radius 3 is 2.66 bits per heavy atom. The lowest BCUT2D eigenvalue weighted by Crippen LogP contribution is -2.33. The molecule has 0 saturated carbocycles. The minimum Gasteiger partial charge on any atom is -0.493 e. The maximum Gasteiger partial charge on any atom is 0.191 e. The molecule has 186 valence electrons. The first-order valence-corrected chi connectivity index (χ1v) is 13.4. The minimum atomic E-state index is 0.397. The summed E-state index contributed by atoms with van der Waals surface area (Å²) in [6, 6.07) is 14.2. The fourth-order valence-electron chi connectivity index (χ4n) is 4.48. The van der Waals surface area contributed by atoms with Gasteiger partial charge in [-0.25, -0.2) is 0 Å². The number of halogens is 1. The SMILES string of the molecule is C=CCn1c(SCc2cccc(Cl)c2)nnc1C1CCN(Cc2ccc(OC)c(OCC)c2)CC1. The first-order chi connectivity index (χ1) is 17.1. The molecule has 35 heavy (non-hydrogen) atoms. The molecule has 2 heterocycles. The van der Waals surface area contributed by atoms with Crippen molar-refractivity contribution in [3.05, 3.63) is 77.1 Å². The van der Waals surface area contributed by atoms with Crippen LogP contribution in [0.15, 0.2) is 60.3 Å². The van der Waals surface area contributed by atoms with Crippen LogP contribution in [0.2, 0.25) is 5.02 Å². The van der Waals surface area contributed by atoms with Gasteiger partial charge in [0, 0.05) is 29.8 Å². The maximum absolute atomic E-state index is 6.14. The average Bonchev–Trinajstić information content (AvgIpc) is 3.26. The van der Waals surface area contributed by atoms with Gasteiger partial charge in [0.05, 0.1) is 13.7 Å². The van der Waals surface area contributed by atoms with Gasteiger partial charge in [-0.05, 0) is 68.2 Å². The smallest absolute Gasteiger partial charge is 0.191 e. The Balaban J connectivity index is 1.38. The van der Waals surface area contributed by atoms with Gasteiger partial charge in [-0.1, -0.05) is 47.6 Å². The summed E-state index contributed by atoms with van der Waals surface area (Å²) in [5.74, 6) is 3.86. The predicted molar refractivity (Wildman–Crippen MR) is 143 cm³/mol. The normalized spacial score (nSPS) is 14.7. The van der Waals surface area contributed by atoms with Crippen molar-refractivity contribution in [2.45, 2.75) is 49.7 Å². The van der Waals surface area contributed by atoms with Gasteiger partial charge in [0.25, 0.3) is 0 Å². The monoisotopic (exact) mass is 512 g/mol. The molecule has 6 nitrogen and oxygen atoms in total. The largest absolute Gasteiger partial charge is 0.493 e. The second-order valence-electron chi connectivity index (χ2n) is 8.63. The molecule has 0 bridgehead atoms. The molecule has 0 unspecified atom stereocenters. The fourth-order valence-corrected chi connectivity index (χ4v) is 5.59. The summed E-state index contributed by atoms with van der Waals surface area (Å²) < 4.78 is 13.4. The molecular formula is C27H33ClN4O2S. The van der Waals surface area contributed by atoms with Crippen molar-refractivity contribution in [2.75, 3.05) is 26.8 Å². The lowest BCUT2D eigenvalue weighted by Gasteiger charge is -2.31. The van der Waals surface area contributed by atoms with E-state index in [1.165, 1.54) is 11.1 Å². The second-order valence-corrected chi connectivity index (χ2v) is 10.0. The number of ether oxygens (including phenoxy) is 2. The summed E-state index contributed by atoms with van der Waals surface area (Å²) in [6.07, 6.45) is 4.04. The number of thioether (sulfide) groups is 1. The molecule has 2 aromatic carbocycles. The lowest BCUT2D eigenvalue weighted by atomic mass is 9.95. The van der Waals surface area contributed by atoms with Crippen LogP contribution in [0.3, 0.4) is 0 Å².